The zero-order valence-corrected chi connectivity index (χ0v) is 12.6. The number of carbonyl (C=O) groups is 1. The summed E-state index contributed by atoms with van der Waals surface area (Å²) in [6.07, 6.45) is 1.54. The van der Waals surface area contributed by atoms with Gasteiger partial charge in [0.15, 0.2) is 5.69 Å². The number of hydrogen-bond acceptors (Lipinski definition) is 4. The Bertz CT molecular complexity index is 652. The molecule has 1 heterocycles. The van der Waals surface area contributed by atoms with Crippen LogP contribution in [-0.2, 0) is 0 Å². The van der Waals surface area contributed by atoms with Crippen LogP contribution in [0.5, 0.6) is 5.75 Å². The van der Waals surface area contributed by atoms with E-state index in [9.17, 15) is 4.79 Å². The Kier molecular flexibility index (Phi) is 4.52. The van der Waals surface area contributed by atoms with Gasteiger partial charge >= 0.3 is 0 Å². The second kappa shape index (κ2) is 6.33. The first kappa shape index (κ1) is 14.3. The first-order chi connectivity index (χ1) is 9.60. The summed E-state index contributed by atoms with van der Waals surface area (Å²) in [4.78, 5) is 11.7. The van der Waals surface area contributed by atoms with Crippen molar-refractivity contribution in [3.63, 3.8) is 0 Å². The molecule has 0 radical (unpaired) electrons. The maximum atomic E-state index is 11.7. The summed E-state index contributed by atoms with van der Waals surface area (Å²) >= 11 is 3.38. The van der Waals surface area contributed by atoms with Crippen molar-refractivity contribution < 1.29 is 9.53 Å². The van der Waals surface area contributed by atoms with E-state index in [1.807, 2.05) is 25.1 Å². The molecule has 1 amide bonds. The molecular formula is C13H13BrN4O2. The summed E-state index contributed by atoms with van der Waals surface area (Å²) in [5, 5.41) is 10.4. The molecule has 0 spiro atoms. The quantitative estimate of drug-likeness (QED) is 0.663. The van der Waals surface area contributed by atoms with Gasteiger partial charge in [-0.15, -0.1) is 0 Å². The van der Waals surface area contributed by atoms with Crippen molar-refractivity contribution in [1.29, 1.82) is 0 Å². The second-order valence-corrected chi connectivity index (χ2v) is 4.88. The number of halogens is 1. The normalized spacial score (nSPS) is 10.8. The number of carbonyl (C=O) groups excluding carboxylic acids is 1. The zero-order chi connectivity index (χ0) is 14.5. The fourth-order valence-electron chi connectivity index (χ4n) is 1.52. The Labute approximate surface area is 124 Å². The Balaban J connectivity index is 2.00. The van der Waals surface area contributed by atoms with Crippen molar-refractivity contribution in [2.24, 2.45) is 5.10 Å². The molecule has 104 valence electrons. The first-order valence-corrected chi connectivity index (χ1v) is 6.58. The molecular weight excluding hydrogens is 324 g/mol. The van der Waals surface area contributed by atoms with Crippen LogP contribution in [0.1, 0.15) is 21.7 Å². The van der Waals surface area contributed by atoms with Crippen LogP contribution in [0.15, 0.2) is 33.8 Å². The number of aryl methyl sites for hydroxylation is 1. The molecule has 6 nitrogen and oxygen atoms in total. The van der Waals surface area contributed by atoms with Gasteiger partial charge in [0.2, 0.25) is 0 Å². The molecule has 0 atom stereocenters. The number of benzene rings is 1. The number of hydrazone groups is 1. The molecule has 0 unspecified atom stereocenters. The third-order valence-corrected chi connectivity index (χ3v) is 3.11. The maximum absolute atomic E-state index is 11.7. The molecule has 7 heteroatoms. The molecule has 1 aromatic carbocycles. The van der Waals surface area contributed by atoms with Gasteiger partial charge in [-0.1, -0.05) is 0 Å². The lowest BCUT2D eigenvalue weighted by molar-refractivity contribution is 0.0950. The van der Waals surface area contributed by atoms with Crippen molar-refractivity contribution in [1.82, 2.24) is 15.6 Å². The highest BCUT2D eigenvalue weighted by Crippen LogP contribution is 2.24. The summed E-state index contributed by atoms with van der Waals surface area (Å²) < 4.78 is 5.95. The van der Waals surface area contributed by atoms with E-state index in [-0.39, 0.29) is 5.91 Å². The van der Waals surface area contributed by atoms with Crippen LogP contribution < -0.4 is 10.2 Å². The molecule has 2 rings (SSSR count). The van der Waals surface area contributed by atoms with Crippen molar-refractivity contribution >= 4 is 28.1 Å². The van der Waals surface area contributed by atoms with Gasteiger partial charge in [-0.3, -0.25) is 9.89 Å². The van der Waals surface area contributed by atoms with Gasteiger partial charge in [-0.25, -0.2) is 5.43 Å². The van der Waals surface area contributed by atoms with Crippen molar-refractivity contribution in [3.05, 3.63) is 45.7 Å². The number of aromatic nitrogens is 2. The lowest BCUT2D eigenvalue weighted by atomic mass is 10.2. The van der Waals surface area contributed by atoms with Gasteiger partial charge in [0.05, 0.1) is 17.8 Å². The highest BCUT2D eigenvalue weighted by molar-refractivity contribution is 9.10. The van der Waals surface area contributed by atoms with Crippen LogP contribution in [0.4, 0.5) is 0 Å². The predicted octanol–water partition coefficient (Wildman–Crippen LogP) is 2.25. The fraction of sp³-hybridized carbons (Fsp3) is 0.154. The molecule has 0 aliphatic heterocycles. The van der Waals surface area contributed by atoms with Crippen LogP contribution in [-0.4, -0.2) is 29.4 Å². The minimum atomic E-state index is -0.363. The number of H-pyrrole nitrogens is 1. The highest BCUT2D eigenvalue weighted by Gasteiger charge is 2.07. The highest BCUT2D eigenvalue weighted by atomic mass is 79.9. The van der Waals surface area contributed by atoms with E-state index in [0.717, 1.165) is 21.5 Å². The zero-order valence-electron chi connectivity index (χ0n) is 11.0. The average molecular weight is 337 g/mol. The summed E-state index contributed by atoms with van der Waals surface area (Å²) in [6.45, 7) is 1.82. The summed E-state index contributed by atoms with van der Waals surface area (Å²) in [7, 11) is 1.60. The molecule has 20 heavy (non-hydrogen) atoms. The van der Waals surface area contributed by atoms with E-state index in [1.54, 1.807) is 19.4 Å². The van der Waals surface area contributed by atoms with Gasteiger partial charge < -0.3 is 4.74 Å². The molecule has 0 bridgehead atoms. The minimum Gasteiger partial charge on any atom is -0.496 e. The standard InChI is InChI=1S/C13H13BrN4O2/c1-8-5-11(17-16-8)13(19)18-15-7-9-3-4-12(20-2)10(14)6-9/h3-7H,1-2H3,(H,16,17)(H,18,19). The van der Waals surface area contributed by atoms with Gasteiger partial charge in [0.25, 0.3) is 5.91 Å². The predicted molar refractivity (Wildman–Crippen MR) is 79.1 cm³/mol. The van der Waals surface area contributed by atoms with Crippen molar-refractivity contribution in [2.75, 3.05) is 7.11 Å². The van der Waals surface area contributed by atoms with Crippen LogP contribution in [0, 0.1) is 6.92 Å². The lowest BCUT2D eigenvalue weighted by Crippen LogP contribution is -2.18. The molecule has 1 aromatic heterocycles. The fourth-order valence-corrected chi connectivity index (χ4v) is 2.08. The van der Waals surface area contributed by atoms with Crippen LogP contribution in [0.25, 0.3) is 0 Å². The van der Waals surface area contributed by atoms with E-state index >= 15 is 0 Å². The SMILES string of the molecule is COc1ccc(C=NNC(=O)c2cc(C)[nH]n2)cc1Br. The number of hydrogen-bond donors (Lipinski definition) is 2. The summed E-state index contributed by atoms with van der Waals surface area (Å²) in [5.74, 6) is 0.372. The number of nitrogens with one attached hydrogen (secondary N) is 2. The Morgan fingerprint density at radius 3 is 2.90 bits per heavy atom. The third kappa shape index (κ3) is 3.45. The van der Waals surface area contributed by atoms with E-state index < -0.39 is 0 Å². The smallest absolute Gasteiger partial charge is 0.291 e. The number of amides is 1. The van der Waals surface area contributed by atoms with Crippen LogP contribution in [0.2, 0.25) is 0 Å². The van der Waals surface area contributed by atoms with E-state index in [1.165, 1.54) is 0 Å². The van der Waals surface area contributed by atoms with Crippen LogP contribution in [0.3, 0.4) is 0 Å². The number of methoxy groups -OCH3 is 1. The van der Waals surface area contributed by atoms with Gasteiger partial charge in [-0.2, -0.15) is 10.2 Å². The first-order valence-electron chi connectivity index (χ1n) is 5.79. The average Bonchev–Trinajstić information content (AvgIpc) is 2.85. The number of nitrogens with zero attached hydrogens (tertiary/aromatic N) is 2. The van der Waals surface area contributed by atoms with Crippen LogP contribution >= 0.6 is 15.9 Å². The topological polar surface area (TPSA) is 79.4 Å². The van der Waals surface area contributed by atoms with Gasteiger partial charge in [0.1, 0.15) is 5.75 Å². The minimum absolute atomic E-state index is 0.301. The Morgan fingerprint density at radius 2 is 2.30 bits per heavy atom. The van der Waals surface area contributed by atoms with Gasteiger partial charge in [0, 0.05) is 5.69 Å². The Morgan fingerprint density at radius 1 is 1.50 bits per heavy atom. The summed E-state index contributed by atoms with van der Waals surface area (Å²) in [6, 6.07) is 7.13. The van der Waals surface area contributed by atoms with Gasteiger partial charge in [-0.05, 0) is 52.7 Å². The van der Waals surface area contributed by atoms with E-state index in [0.29, 0.717) is 5.69 Å². The molecule has 0 aliphatic rings. The molecule has 0 saturated carbocycles. The van der Waals surface area contributed by atoms with E-state index in [2.05, 4.69) is 36.7 Å². The largest absolute Gasteiger partial charge is 0.496 e. The monoisotopic (exact) mass is 336 g/mol. The number of rotatable bonds is 4. The molecule has 2 aromatic rings. The molecule has 0 saturated heterocycles. The third-order valence-electron chi connectivity index (χ3n) is 2.49. The second-order valence-electron chi connectivity index (χ2n) is 4.03. The molecule has 2 N–H and O–H groups in total. The summed E-state index contributed by atoms with van der Waals surface area (Å²) in [5.41, 5.74) is 4.36. The number of ether oxygens (including phenoxy) is 1. The lowest BCUT2D eigenvalue weighted by Gasteiger charge is -2.03. The maximum Gasteiger partial charge on any atom is 0.291 e. The molecule has 0 fully saturated rings. The number of aromatic amines is 1. The van der Waals surface area contributed by atoms with E-state index in [4.69, 9.17) is 4.74 Å². The van der Waals surface area contributed by atoms with Crippen molar-refractivity contribution in [2.45, 2.75) is 6.92 Å². The Hall–Kier alpha value is -2.15. The van der Waals surface area contributed by atoms with Crippen molar-refractivity contribution in [3.8, 4) is 5.75 Å². The molecule has 0 aliphatic carbocycles.